The van der Waals surface area contributed by atoms with Gasteiger partial charge in [-0.3, -0.25) is 0 Å². The first-order chi connectivity index (χ1) is 9.24. The summed E-state index contributed by atoms with van der Waals surface area (Å²) in [4.78, 5) is 2.07. The predicted molar refractivity (Wildman–Crippen MR) is 85.7 cm³/mol. The van der Waals surface area contributed by atoms with Crippen molar-refractivity contribution >= 4 is 57.0 Å². The van der Waals surface area contributed by atoms with Crippen LogP contribution in [0.15, 0.2) is 38.5 Å². The minimum Gasteiger partial charge on any atom is -0.250 e. The lowest BCUT2D eigenvalue weighted by Crippen LogP contribution is -1.92. The van der Waals surface area contributed by atoms with Crippen LogP contribution in [0.5, 0.6) is 0 Å². The lowest BCUT2D eigenvalue weighted by atomic mass is 10.4. The average molecular weight is 371 g/mol. The highest BCUT2D eigenvalue weighted by Gasteiger charge is 2.08. The number of aromatic amines is 1. The number of rotatable bonds is 3. The largest absolute Gasteiger partial charge is 0.250 e. The topological polar surface area (TPSA) is 46.0 Å². The number of thiophene rings is 2. The van der Waals surface area contributed by atoms with E-state index in [0.717, 1.165) is 20.1 Å². The fourth-order valence-corrected chi connectivity index (χ4v) is 3.65. The number of halogens is 1. The third-order valence-corrected chi connectivity index (χ3v) is 5.04. The van der Waals surface area contributed by atoms with Crippen molar-refractivity contribution in [2.45, 2.75) is 0 Å². The average Bonchev–Trinajstić information content (AvgIpc) is 3.08. The number of H-pyrrole nitrogens is 1. The molecule has 3 heterocycles. The fourth-order valence-electron chi connectivity index (χ4n) is 1.47. The van der Waals surface area contributed by atoms with Crippen molar-refractivity contribution in [3.63, 3.8) is 0 Å². The zero-order valence-electron chi connectivity index (χ0n) is 9.41. The van der Waals surface area contributed by atoms with Gasteiger partial charge in [0, 0.05) is 14.7 Å². The molecule has 1 N–H and O–H groups in total. The molecule has 3 aromatic heterocycles. The second-order valence-corrected chi connectivity index (χ2v) is 6.75. The van der Waals surface area contributed by atoms with Crippen LogP contribution < -0.4 is 0 Å². The van der Waals surface area contributed by atoms with Crippen molar-refractivity contribution in [2.24, 2.45) is 5.10 Å². The molecule has 0 aliphatic carbocycles. The van der Waals surface area contributed by atoms with E-state index < -0.39 is 0 Å². The zero-order valence-corrected chi connectivity index (χ0v) is 13.4. The first-order valence-electron chi connectivity index (χ1n) is 5.24. The molecule has 3 rings (SSSR count). The summed E-state index contributed by atoms with van der Waals surface area (Å²) in [6.45, 7) is 0. The summed E-state index contributed by atoms with van der Waals surface area (Å²) < 4.78 is 3.16. The van der Waals surface area contributed by atoms with Gasteiger partial charge in [0.05, 0.1) is 11.1 Å². The summed E-state index contributed by atoms with van der Waals surface area (Å²) in [6, 6.07) is 5.97. The van der Waals surface area contributed by atoms with E-state index in [0.29, 0.717) is 4.77 Å². The maximum absolute atomic E-state index is 5.20. The van der Waals surface area contributed by atoms with Gasteiger partial charge in [0.1, 0.15) is 0 Å². The van der Waals surface area contributed by atoms with Gasteiger partial charge in [-0.2, -0.15) is 14.9 Å². The van der Waals surface area contributed by atoms with E-state index in [2.05, 4.69) is 31.2 Å². The van der Waals surface area contributed by atoms with Crippen molar-refractivity contribution in [1.82, 2.24) is 14.9 Å². The summed E-state index contributed by atoms with van der Waals surface area (Å²) >= 11 is 11.8. The Morgan fingerprint density at radius 3 is 3.05 bits per heavy atom. The Balaban J connectivity index is 1.99. The minimum absolute atomic E-state index is 0.482. The van der Waals surface area contributed by atoms with Gasteiger partial charge < -0.3 is 0 Å². The highest BCUT2D eigenvalue weighted by Crippen LogP contribution is 2.23. The van der Waals surface area contributed by atoms with Crippen molar-refractivity contribution < 1.29 is 0 Å². The molecule has 3 aromatic rings. The molecule has 0 aromatic carbocycles. The van der Waals surface area contributed by atoms with E-state index in [1.807, 2.05) is 29.0 Å². The number of hydrogen-bond donors (Lipinski definition) is 1. The normalized spacial score (nSPS) is 11.4. The van der Waals surface area contributed by atoms with Crippen molar-refractivity contribution in [1.29, 1.82) is 0 Å². The Morgan fingerprint density at radius 1 is 1.47 bits per heavy atom. The third-order valence-electron chi connectivity index (χ3n) is 2.28. The molecule has 0 radical (unpaired) electrons. The predicted octanol–water partition coefficient (Wildman–Crippen LogP) is 4.38. The molecular weight excluding hydrogens is 364 g/mol. The molecule has 0 unspecified atom stereocenters. The summed E-state index contributed by atoms with van der Waals surface area (Å²) in [6.07, 6.45) is 1.78. The standard InChI is InChI=1S/C11H7BrN4S3/c12-7-4-8(19-6-7)5-13-16-10(14-15-11(16)17)9-2-1-3-18-9/h1-6H,(H,15,17)/b13-5-. The summed E-state index contributed by atoms with van der Waals surface area (Å²) in [5, 5.41) is 15.4. The van der Waals surface area contributed by atoms with Gasteiger partial charge in [-0.1, -0.05) is 6.07 Å². The van der Waals surface area contributed by atoms with Crippen LogP contribution in [0.3, 0.4) is 0 Å². The van der Waals surface area contributed by atoms with Gasteiger partial charge in [-0.15, -0.1) is 22.7 Å². The van der Waals surface area contributed by atoms with Crippen LogP contribution in [-0.2, 0) is 0 Å². The van der Waals surface area contributed by atoms with Crippen LogP contribution in [0.4, 0.5) is 0 Å². The lowest BCUT2D eigenvalue weighted by molar-refractivity contribution is 0.874. The zero-order chi connectivity index (χ0) is 13.2. The fraction of sp³-hybridized carbons (Fsp3) is 0. The van der Waals surface area contributed by atoms with E-state index in [1.165, 1.54) is 0 Å². The molecule has 0 saturated carbocycles. The Hall–Kier alpha value is -1.09. The molecule has 0 aliphatic heterocycles. The molecule has 0 aliphatic rings. The first kappa shape index (κ1) is 12.9. The summed E-state index contributed by atoms with van der Waals surface area (Å²) in [5.74, 6) is 0.729. The van der Waals surface area contributed by atoms with E-state index in [9.17, 15) is 0 Å². The van der Waals surface area contributed by atoms with Crippen LogP contribution >= 0.6 is 50.8 Å². The Bertz CT molecular complexity index is 766. The van der Waals surface area contributed by atoms with E-state index in [-0.39, 0.29) is 0 Å². The highest BCUT2D eigenvalue weighted by atomic mass is 79.9. The van der Waals surface area contributed by atoms with E-state index in [4.69, 9.17) is 12.2 Å². The number of aromatic nitrogens is 3. The molecule has 96 valence electrons. The molecule has 0 spiro atoms. The second-order valence-electron chi connectivity index (χ2n) is 3.55. The number of nitrogens with zero attached hydrogens (tertiary/aromatic N) is 3. The van der Waals surface area contributed by atoms with Crippen LogP contribution in [-0.4, -0.2) is 21.1 Å². The molecule has 0 bridgehead atoms. The van der Waals surface area contributed by atoms with E-state index >= 15 is 0 Å². The maximum Gasteiger partial charge on any atom is 0.216 e. The third kappa shape index (κ3) is 2.76. The van der Waals surface area contributed by atoms with Gasteiger partial charge in [0.15, 0.2) is 5.82 Å². The molecule has 0 saturated heterocycles. The molecule has 8 heteroatoms. The van der Waals surface area contributed by atoms with Crippen LogP contribution in [0.25, 0.3) is 10.7 Å². The van der Waals surface area contributed by atoms with Gasteiger partial charge in [-0.25, -0.2) is 5.10 Å². The highest BCUT2D eigenvalue weighted by molar-refractivity contribution is 9.10. The molecule has 0 amide bonds. The summed E-state index contributed by atoms with van der Waals surface area (Å²) in [5.41, 5.74) is 0. The monoisotopic (exact) mass is 370 g/mol. The summed E-state index contributed by atoms with van der Waals surface area (Å²) in [7, 11) is 0. The second kappa shape index (κ2) is 5.49. The van der Waals surface area contributed by atoms with Crippen molar-refractivity contribution in [3.05, 3.63) is 43.1 Å². The molecule has 0 fully saturated rings. The number of hydrogen-bond acceptors (Lipinski definition) is 5. The molecule has 4 nitrogen and oxygen atoms in total. The SMILES string of the molecule is S=c1[nH]nc(-c2cccs2)n1/N=C\c1cc(Br)cs1. The van der Waals surface area contributed by atoms with Gasteiger partial charge in [0.25, 0.3) is 0 Å². The maximum atomic E-state index is 5.20. The van der Waals surface area contributed by atoms with Gasteiger partial charge in [0.2, 0.25) is 4.77 Å². The molecule has 19 heavy (non-hydrogen) atoms. The van der Waals surface area contributed by atoms with Gasteiger partial charge >= 0.3 is 0 Å². The number of nitrogens with one attached hydrogen (secondary N) is 1. The Morgan fingerprint density at radius 2 is 2.37 bits per heavy atom. The Labute approximate surface area is 130 Å². The van der Waals surface area contributed by atoms with E-state index in [1.54, 1.807) is 33.6 Å². The minimum atomic E-state index is 0.482. The van der Waals surface area contributed by atoms with Crippen LogP contribution in [0.1, 0.15) is 4.88 Å². The van der Waals surface area contributed by atoms with Crippen LogP contribution in [0.2, 0.25) is 0 Å². The van der Waals surface area contributed by atoms with Crippen molar-refractivity contribution in [2.75, 3.05) is 0 Å². The van der Waals surface area contributed by atoms with Crippen LogP contribution in [0, 0.1) is 4.77 Å². The first-order valence-corrected chi connectivity index (χ1v) is 8.20. The molecular formula is C11H7BrN4S3. The molecule has 0 atom stereocenters. The van der Waals surface area contributed by atoms with Crippen molar-refractivity contribution in [3.8, 4) is 10.7 Å². The van der Waals surface area contributed by atoms with Gasteiger partial charge in [-0.05, 0) is 45.7 Å². The quantitative estimate of drug-likeness (QED) is 0.549. The smallest absolute Gasteiger partial charge is 0.216 e. The Kier molecular flexibility index (Phi) is 3.74. The lowest BCUT2D eigenvalue weighted by Gasteiger charge is -1.96.